The van der Waals surface area contributed by atoms with Gasteiger partial charge in [0, 0.05) is 18.5 Å². The quantitative estimate of drug-likeness (QED) is 0.358. The minimum atomic E-state index is -1.08. The van der Waals surface area contributed by atoms with Gasteiger partial charge in [0.1, 0.15) is 18.2 Å². The Bertz CT molecular complexity index is 795. The van der Waals surface area contributed by atoms with Crippen molar-refractivity contribution in [2.75, 3.05) is 0 Å². The van der Waals surface area contributed by atoms with Crippen LogP contribution in [0.1, 0.15) is 103 Å². The van der Waals surface area contributed by atoms with Gasteiger partial charge in [0.25, 0.3) is 0 Å². The highest BCUT2D eigenvalue weighted by molar-refractivity contribution is 5.82. The number of amides is 1. The van der Waals surface area contributed by atoms with E-state index >= 15 is 0 Å². The molecule has 3 rings (SSSR count). The third kappa shape index (κ3) is 14.1. The van der Waals surface area contributed by atoms with Crippen LogP contribution in [0.4, 0.5) is 4.79 Å². The van der Waals surface area contributed by atoms with E-state index in [1.807, 2.05) is 18.2 Å². The summed E-state index contributed by atoms with van der Waals surface area (Å²) in [6.45, 7) is 5.11. The third-order valence-electron chi connectivity index (χ3n) is 6.52. The molecule has 0 radical (unpaired) electrons. The summed E-state index contributed by atoms with van der Waals surface area (Å²) in [5.74, 6) is -1.76. The van der Waals surface area contributed by atoms with Crippen molar-refractivity contribution in [3.05, 3.63) is 35.9 Å². The normalized spacial score (nSPS) is 17.6. The summed E-state index contributed by atoms with van der Waals surface area (Å²) in [6, 6.07) is 9.72. The molecular formula is C29H46N2O6. The fourth-order valence-corrected chi connectivity index (χ4v) is 4.67. The van der Waals surface area contributed by atoms with Gasteiger partial charge in [-0.25, -0.2) is 9.59 Å². The number of carboxylic acid groups (broad SMARTS) is 1. The van der Waals surface area contributed by atoms with E-state index in [1.165, 1.54) is 64.2 Å². The number of nitrogens with one attached hydrogen (secondary N) is 2. The molecule has 0 bridgehead atoms. The molecular weight excluding hydrogens is 472 g/mol. The van der Waals surface area contributed by atoms with E-state index in [9.17, 15) is 14.4 Å². The molecule has 0 aromatic heterocycles. The largest absolute Gasteiger partial charge is 0.481 e. The molecule has 1 unspecified atom stereocenters. The Labute approximate surface area is 221 Å². The number of alkyl carbamates (subject to hydrolysis) is 1. The maximum absolute atomic E-state index is 12.1. The monoisotopic (exact) mass is 518 g/mol. The van der Waals surface area contributed by atoms with Crippen LogP contribution in [0, 0.1) is 0 Å². The standard InChI is InChI=1S/C17H23NO6.C12H23N/c1-17(2,3)24-15(21)13(9-10-14(19)20)18-16(22)23-11-12-7-5-4-6-8-12;1-3-7-11(8-4-1)13-12-9-5-2-6-10-12/h4-8,13H,9-11H2,1-3H3,(H,18,22)(H,19,20);11-13H,1-10H2. The first-order valence-electron chi connectivity index (χ1n) is 13.8. The molecule has 0 spiro atoms. The lowest BCUT2D eigenvalue weighted by atomic mass is 9.91. The number of carbonyl (C=O) groups is 3. The maximum Gasteiger partial charge on any atom is 0.408 e. The smallest absolute Gasteiger partial charge is 0.408 e. The van der Waals surface area contributed by atoms with Crippen molar-refractivity contribution in [2.45, 2.75) is 128 Å². The second kappa shape index (κ2) is 16.3. The Morgan fingerprint density at radius 3 is 1.95 bits per heavy atom. The molecule has 37 heavy (non-hydrogen) atoms. The van der Waals surface area contributed by atoms with Crippen molar-refractivity contribution in [2.24, 2.45) is 0 Å². The van der Waals surface area contributed by atoms with E-state index in [2.05, 4.69) is 10.6 Å². The van der Waals surface area contributed by atoms with E-state index in [0.29, 0.717) is 0 Å². The van der Waals surface area contributed by atoms with Gasteiger partial charge in [0.15, 0.2) is 0 Å². The molecule has 2 aliphatic rings. The summed E-state index contributed by atoms with van der Waals surface area (Å²) in [5.41, 5.74) is 0.0563. The van der Waals surface area contributed by atoms with Crippen LogP contribution >= 0.6 is 0 Å². The lowest BCUT2D eigenvalue weighted by molar-refractivity contribution is -0.157. The number of ether oxygens (including phenoxy) is 2. The van der Waals surface area contributed by atoms with Gasteiger partial charge in [-0.15, -0.1) is 0 Å². The van der Waals surface area contributed by atoms with Gasteiger partial charge < -0.3 is 25.2 Å². The minimum absolute atomic E-state index is 0.0483. The first-order chi connectivity index (χ1) is 17.6. The van der Waals surface area contributed by atoms with Crippen LogP contribution in [-0.4, -0.2) is 46.9 Å². The van der Waals surface area contributed by atoms with Crippen LogP contribution in [0.3, 0.4) is 0 Å². The topological polar surface area (TPSA) is 114 Å². The highest BCUT2D eigenvalue weighted by atomic mass is 16.6. The van der Waals surface area contributed by atoms with E-state index in [4.69, 9.17) is 14.6 Å². The zero-order valence-corrected chi connectivity index (χ0v) is 22.8. The van der Waals surface area contributed by atoms with Gasteiger partial charge >= 0.3 is 18.0 Å². The molecule has 2 aliphatic carbocycles. The van der Waals surface area contributed by atoms with E-state index in [-0.39, 0.29) is 19.4 Å². The number of aliphatic carboxylic acids is 1. The molecule has 1 aromatic carbocycles. The molecule has 0 saturated heterocycles. The molecule has 8 heteroatoms. The molecule has 1 amide bonds. The molecule has 0 aliphatic heterocycles. The first kappa shape index (κ1) is 30.6. The lowest BCUT2D eigenvalue weighted by Gasteiger charge is -2.30. The van der Waals surface area contributed by atoms with Crippen molar-refractivity contribution in [3.8, 4) is 0 Å². The van der Waals surface area contributed by atoms with Crippen molar-refractivity contribution in [1.29, 1.82) is 0 Å². The predicted molar refractivity (Wildman–Crippen MR) is 143 cm³/mol. The summed E-state index contributed by atoms with van der Waals surface area (Å²) in [5, 5.41) is 15.0. The zero-order chi connectivity index (χ0) is 27.1. The number of hydrogen-bond donors (Lipinski definition) is 3. The zero-order valence-electron chi connectivity index (χ0n) is 22.8. The number of esters is 1. The molecule has 1 atom stereocenters. The van der Waals surface area contributed by atoms with Gasteiger partial charge in [0.05, 0.1) is 0 Å². The average Bonchev–Trinajstić information content (AvgIpc) is 2.86. The Kier molecular flexibility index (Phi) is 13.5. The van der Waals surface area contributed by atoms with E-state index < -0.39 is 29.7 Å². The summed E-state index contributed by atoms with van der Waals surface area (Å²) in [7, 11) is 0. The van der Waals surface area contributed by atoms with Crippen LogP contribution < -0.4 is 10.6 Å². The molecule has 2 fully saturated rings. The summed E-state index contributed by atoms with van der Waals surface area (Å²) in [4.78, 5) is 34.7. The van der Waals surface area contributed by atoms with Crippen LogP contribution in [0.5, 0.6) is 0 Å². The van der Waals surface area contributed by atoms with Crippen molar-refractivity contribution in [3.63, 3.8) is 0 Å². The Balaban J connectivity index is 0.000000308. The fourth-order valence-electron chi connectivity index (χ4n) is 4.67. The van der Waals surface area contributed by atoms with Crippen LogP contribution in [-0.2, 0) is 25.7 Å². The van der Waals surface area contributed by atoms with Gasteiger partial charge in [0.2, 0.25) is 0 Å². The fraction of sp³-hybridized carbons (Fsp3) is 0.690. The van der Waals surface area contributed by atoms with Crippen LogP contribution in [0.2, 0.25) is 0 Å². The predicted octanol–water partition coefficient (Wildman–Crippen LogP) is 5.73. The molecule has 0 heterocycles. The number of carboxylic acids is 1. The minimum Gasteiger partial charge on any atom is -0.481 e. The first-order valence-corrected chi connectivity index (χ1v) is 13.8. The molecule has 208 valence electrons. The second-order valence-corrected chi connectivity index (χ2v) is 11.1. The van der Waals surface area contributed by atoms with Crippen molar-refractivity contribution < 1.29 is 29.0 Å². The summed E-state index contributed by atoms with van der Waals surface area (Å²) < 4.78 is 10.2. The van der Waals surface area contributed by atoms with Gasteiger partial charge in [-0.05, 0) is 58.4 Å². The molecule has 2 saturated carbocycles. The average molecular weight is 519 g/mol. The summed E-state index contributed by atoms with van der Waals surface area (Å²) >= 11 is 0. The molecule has 3 N–H and O–H groups in total. The maximum atomic E-state index is 12.1. The Morgan fingerprint density at radius 2 is 1.46 bits per heavy atom. The summed E-state index contributed by atoms with van der Waals surface area (Å²) in [6.07, 6.45) is 13.4. The second-order valence-electron chi connectivity index (χ2n) is 11.1. The number of hydrogen-bond acceptors (Lipinski definition) is 6. The van der Waals surface area contributed by atoms with Gasteiger partial charge in [-0.1, -0.05) is 68.9 Å². The van der Waals surface area contributed by atoms with Crippen molar-refractivity contribution in [1.82, 2.24) is 10.6 Å². The lowest BCUT2D eigenvalue weighted by Crippen LogP contribution is -2.44. The van der Waals surface area contributed by atoms with Gasteiger partial charge in [-0.3, -0.25) is 4.79 Å². The van der Waals surface area contributed by atoms with Crippen LogP contribution in [0.15, 0.2) is 30.3 Å². The Morgan fingerprint density at radius 1 is 0.919 bits per heavy atom. The molecule has 8 nitrogen and oxygen atoms in total. The highest BCUT2D eigenvalue weighted by Gasteiger charge is 2.27. The van der Waals surface area contributed by atoms with Crippen molar-refractivity contribution >= 4 is 18.0 Å². The number of benzene rings is 1. The van der Waals surface area contributed by atoms with Gasteiger partial charge in [-0.2, -0.15) is 0 Å². The molecule has 1 aromatic rings. The Hall–Kier alpha value is -2.61. The van der Waals surface area contributed by atoms with E-state index in [0.717, 1.165) is 17.6 Å². The van der Waals surface area contributed by atoms with Crippen LogP contribution in [0.25, 0.3) is 0 Å². The number of carbonyl (C=O) groups excluding carboxylic acids is 2. The SMILES string of the molecule is C1CCC(NC2CCCCC2)CC1.CC(C)(C)OC(=O)C(CCC(=O)O)NC(=O)OCc1ccccc1. The number of rotatable bonds is 9. The third-order valence-corrected chi connectivity index (χ3v) is 6.52. The van der Waals surface area contributed by atoms with E-state index in [1.54, 1.807) is 32.9 Å². The highest BCUT2D eigenvalue weighted by Crippen LogP contribution is 2.22.